The van der Waals surface area contributed by atoms with E-state index in [0.29, 0.717) is 0 Å². The van der Waals surface area contributed by atoms with E-state index in [4.69, 9.17) is 4.42 Å². The van der Waals surface area contributed by atoms with Crippen LogP contribution in [0.3, 0.4) is 0 Å². The lowest BCUT2D eigenvalue weighted by Gasteiger charge is -2.32. The van der Waals surface area contributed by atoms with Gasteiger partial charge >= 0.3 is 0 Å². The van der Waals surface area contributed by atoms with Crippen molar-refractivity contribution >= 4 is 54.3 Å². The fourth-order valence-corrected chi connectivity index (χ4v) is 10.6. The molecule has 1 heteroatoms. The van der Waals surface area contributed by atoms with Crippen LogP contribution < -0.4 is 0 Å². The lowest BCUT2D eigenvalue weighted by molar-refractivity contribution is 0.669. The maximum absolute atomic E-state index is 6.60. The fourth-order valence-electron chi connectivity index (χ4n) is 10.6. The molecule has 1 nitrogen and oxygen atoms in total. The van der Waals surface area contributed by atoms with E-state index in [1.165, 1.54) is 99.1 Å². The first-order chi connectivity index (χ1) is 27.8. The Hall–Kier alpha value is -7.22. The van der Waals surface area contributed by atoms with Gasteiger partial charge in [-0.05, 0) is 129 Å². The average molecular weight is 709 g/mol. The van der Waals surface area contributed by atoms with Crippen LogP contribution in [0.15, 0.2) is 199 Å². The van der Waals surface area contributed by atoms with Crippen molar-refractivity contribution in [2.24, 2.45) is 0 Å². The highest BCUT2D eigenvalue weighted by molar-refractivity contribution is 6.17. The zero-order chi connectivity index (χ0) is 36.5. The molecule has 1 heterocycles. The molecule has 0 saturated carbocycles. The van der Waals surface area contributed by atoms with Crippen molar-refractivity contribution in [1.29, 1.82) is 0 Å². The van der Waals surface area contributed by atoms with Gasteiger partial charge in [-0.1, -0.05) is 164 Å². The largest absolute Gasteiger partial charge is 0.456 e. The molecule has 0 saturated heterocycles. The Morgan fingerprint density at radius 1 is 0.321 bits per heavy atom. The first kappa shape index (κ1) is 30.1. The summed E-state index contributed by atoms with van der Waals surface area (Å²) < 4.78 is 6.60. The molecule has 0 N–H and O–H groups in total. The first-order valence-corrected chi connectivity index (χ1v) is 19.5. The average Bonchev–Trinajstić information content (AvgIpc) is 3.89. The van der Waals surface area contributed by atoms with Crippen LogP contribution in [0.2, 0.25) is 0 Å². The molecule has 1 aromatic heterocycles. The summed E-state index contributed by atoms with van der Waals surface area (Å²) in [7, 11) is 0. The number of fused-ring (bicyclic) bond motifs is 17. The molecule has 10 aromatic carbocycles. The molecule has 56 heavy (non-hydrogen) atoms. The lowest BCUT2D eigenvalue weighted by Crippen LogP contribution is -2.26. The van der Waals surface area contributed by atoms with Crippen molar-refractivity contribution in [3.63, 3.8) is 0 Å². The Bertz CT molecular complexity index is 3440. The van der Waals surface area contributed by atoms with E-state index < -0.39 is 5.41 Å². The quantitative estimate of drug-likeness (QED) is 0.174. The van der Waals surface area contributed by atoms with E-state index in [9.17, 15) is 0 Å². The van der Waals surface area contributed by atoms with Crippen LogP contribution in [-0.2, 0) is 5.41 Å². The molecule has 0 aliphatic heterocycles. The van der Waals surface area contributed by atoms with Gasteiger partial charge in [-0.15, -0.1) is 0 Å². The molecule has 2 aliphatic rings. The SMILES string of the molecule is c1ccc2c(c1)-c1ccccc1C21c2cc(-c3cccc4oc5cc6ccccc6cc5c34)ccc2-c2c(-c3cccc4ccccc34)cc3ccccc3c21. The molecule has 0 radical (unpaired) electrons. The zero-order valence-electron chi connectivity index (χ0n) is 30.4. The standard InChI is InChI=1S/C55H32O/c1-2-15-35-32-51-46(29-34(35)14-1)52-39(22-12-26-50(52)56-51)37-27-28-44-49(31-37)55(47-24-9-7-20-42(47)43-21-8-10-25-48(43)55)54-40-19-6-4-16-36(40)30-45(53(44)54)41-23-11-17-33-13-3-5-18-38(33)41/h1-32H. The third-order valence-corrected chi connectivity index (χ3v) is 12.8. The van der Waals surface area contributed by atoms with E-state index in [2.05, 4.69) is 194 Å². The molecule has 1 spiro atoms. The van der Waals surface area contributed by atoms with Crippen molar-refractivity contribution in [2.75, 3.05) is 0 Å². The van der Waals surface area contributed by atoms with Gasteiger partial charge in [0.2, 0.25) is 0 Å². The zero-order valence-corrected chi connectivity index (χ0v) is 30.4. The number of hydrogen-bond acceptors (Lipinski definition) is 1. The number of hydrogen-bond donors (Lipinski definition) is 0. The first-order valence-electron chi connectivity index (χ1n) is 19.5. The second-order valence-corrected chi connectivity index (χ2v) is 15.5. The molecule has 0 bridgehead atoms. The van der Waals surface area contributed by atoms with Crippen LogP contribution in [0.25, 0.3) is 98.8 Å². The molecule has 11 aromatic rings. The predicted octanol–water partition coefficient (Wildman–Crippen LogP) is 14.7. The highest BCUT2D eigenvalue weighted by Gasteiger charge is 2.53. The molecule has 2 aliphatic carbocycles. The smallest absolute Gasteiger partial charge is 0.136 e. The summed E-state index contributed by atoms with van der Waals surface area (Å²) >= 11 is 0. The molecule has 258 valence electrons. The van der Waals surface area contributed by atoms with E-state index in [0.717, 1.165) is 21.9 Å². The monoisotopic (exact) mass is 708 g/mol. The summed E-state index contributed by atoms with van der Waals surface area (Å²) in [5.41, 5.74) is 16.8. The van der Waals surface area contributed by atoms with E-state index >= 15 is 0 Å². The third kappa shape index (κ3) is 3.79. The van der Waals surface area contributed by atoms with E-state index in [1.807, 2.05) is 0 Å². The minimum absolute atomic E-state index is 0.531. The van der Waals surface area contributed by atoms with Gasteiger partial charge in [-0.3, -0.25) is 0 Å². The van der Waals surface area contributed by atoms with Gasteiger partial charge in [0.25, 0.3) is 0 Å². The van der Waals surface area contributed by atoms with Crippen LogP contribution in [0.1, 0.15) is 22.3 Å². The Kier molecular flexibility index (Phi) is 5.89. The normalized spacial score (nSPS) is 13.5. The Morgan fingerprint density at radius 3 is 1.73 bits per heavy atom. The minimum atomic E-state index is -0.531. The van der Waals surface area contributed by atoms with Crippen LogP contribution >= 0.6 is 0 Å². The van der Waals surface area contributed by atoms with Crippen molar-refractivity contribution in [3.8, 4) is 44.5 Å². The van der Waals surface area contributed by atoms with E-state index in [1.54, 1.807) is 0 Å². The number of benzene rings is 10. The van der Waals surface area contributed by atoms with Crippen molar-refractivity contribution in [2.45, 2.75) is 5.41 Å². The van der Waals surface area contributed by atoms with Crippen molar-refractivity contribution in [1.82, 2.24) is 0 Å². The van der Waals surface area contributed by atoms with Crippen molar-refractivity contribution in [3.05, 3.63) is 216 Å². The van der Waals surface area contributed by atoms with Gasteiger partial charge in [0, 0.05) is 10.8 Å². The second-order valence-electron chi connectivity index (χ2n) is 15.5. The summed E-state index contributed by atoms with van der Waals surface area (Å²) in [5.74, 6) is 0. The minimum Gasteiger partial charge on any atom is -0.456 e. The van der Waals surface area contributed by atoms with E-state index in [-0.39, 0.29) is 0 Å². The number of rotatable bonds is 2. The molecule has 13 rings (SSSR count). The van der Waals surface area contributed by atoms with Crippen LogP contribution in [0.5, 0.6) is 0 Å². The highest BCUT2D eigenvalue weighted by atomic mass is 16.3. The Balaban J connectivity index is 1.19. The maximum atomic E-state index is 6.60. The topological polar surface area (TPSA) is 13.1 Å². The molecule has 0 atom stereocenters. The van der Waals surface area contributed by atoms with Gasteiger partial charge < -0.3 is 4.42 Å². The molecule has 0 amide bonds. The lowest BCUT2D eigenvalue weighted by atomic mass is 9.68. The van der Waals surface area contributed by atoms with Gasteiger partial charge in [-0.25, -0.2) is 0 Å². The van der Waals surface area contributed by atoms with Crippen LogP contribution in [0, 0.1) is 0 Å². The van der Waals surface area contributed by atoms with Crippen molar-refractivity contribution < 1.29 is 4.42 Å². The van der Waals surface area contributed by atoms with Gasteiger partial charge in [0.05, 0.1) is 5.41 Å². The predicted molar refractivity (Wildman–Crippen MR) is 233 cm³/mol. The summed E-state index contributed by atoms with van der Waals surface area (Å²) in [6, 6.07) is 72.2. The summed E-state index contributed by atoms with van der Waals surface area (Å²) in [4.78, 5) is 0. The molecular weight excluding hydrogens is 677 g/mol. The van der Waals surface area contributed by atoms with Crippen LogP contribution in [-0.4, -0.2) is 0 Å². The van der Waals surface area contributed by atoms with Gasteiger partial charge in [0.1, 0.15) is 11.2 Å². The summed E-state index contributed by atoms with van der Waals surface area (Å²) in [5, 5.41) is 9.78. The highest BCUT2D eigenvalue weighted by Crippen LogP contribution is 2.66. The number of furan rings is 1. The summed E-state index contributed by atoms with van der Waals surface area (Å²) in [6.45, 7) is 0. The summed E-state index contributed by atoms with van der Waals surface area (Å²) in [6.07, 6.45) is 0. The maximum Gasteiger partial charge on any atom is 0.136 e. The molecular formula is C55H32O. The van der Waals surface area contributed by atoms with Gasteiger partial charge in [0.15, 0.2) is 0 Å². The molecule has 0 unspecified atom stereocenters. The van der Waals surface area contributed by atoms with Gasteiger partial charge in [-0.2, -0.15) is 0 Å². The Labute approximate surface area is 323 Å². The molecule has 0 fully saturated rings. The Morgan fingerprint density at radius 2 is 0.929 bits per heavy atom. The third-order valence-electron chi connectivity index (χ3n) is 12.8. The second kappa shape index (κ2) is 10.9. The van der Waals surface area contributed by atoms with Crippen LogP contribution in [0.4, 0.5) is 0 Å². The fraction of sp³-hybridized carbons (Fsp3) is 0.0182.